The first-order chi connectivity index (χ1) is 13.2. The van der Waals surface area contributed by atoms with Gasteiger partial charge in [0.1, 0.15) is 11.5 Å². The molecule has 1 aliphatic carbocycles. The molecule has 2 aromatic carbocycles. The molecule has 1 aliphatic rings. The summed E-state index contributed by atoms with van der Waals surface area (Å²) in [7, 11) is 0. The summed E-state index contributed by atoms with van der Waals surface area (Å²) >= 11 is 4.55. The van der Waals surface area contributed by atoms with Gasteiger partial charge in [0.2, 0.25) is 0 Å². The van der Waals surface area contributed by atoms with Crippen LogP contribution in [0.25, 0.3) is 11.1 Å². The highest BCUT2D eigenvalue weighted by atomic mass is 32.1. The van der Waals surface area contributed by atoms with Crippen molar-refractivity contribution in [2.75, 3.05) is 0 Å². The zero-order chi connectivity index (χ0) is 19.1. The van der Waals surface area contributed by atoms with Gasteiger partial charge < -0.3 is 0 Å². The average Bonchev–Trinajstić information content (AvgIpc) is 2.71. The van der Waals surface area contributed by atoms with Crippen molar-refractivity contribution in [3.63, 3.8) is 0 Å². The van der Waals surface area contributed by atoms with Crippen LogP contribution in [0.1, 0.15) is 69.8 Å². The highest BCUT2D eigenvalue weighted by Gasteiger charge is 2.22. The standard InChI is InChI=1S/C24H28FNS/c1-2-3-4-5-18-6-8-19(9-7-18)20-10-12-21(13-11-20)22-14-15-24(26-17-27)23(25)16-22/h10-16,18-19H,2-9H2,1H3. The Morgan fingerprint density at radius 2 is 1.70 bits per heavy atom. The molecule has 27 heavy (non-hydrogen) atoms. The topological polar surface area (TPSA) is 12.4 Å². The lowest BCUT2D eigenvalue weighted by molar-refractivity contribution is 0.303. The van der Waals surface area contributed by atoms with Crippen LogP contribution < -0.4 is 0 Å². The van der Waals surface area contributed by atoms with Crippen molar-refractivity contribution in [3.05, 3.63) is 53.8 Å². The van der Waals surface area contributed by atoms with Gasteiger partial charge in [-0.3, -0.25) is 0 Å². The summed E-state index contributed by atoms with van der Waals surface area (Å²) in [6.07, 6.45) is 10.8. The van der Waals surface area contributed by atoms with E-state index in [1.807, 2.05) is 6.07 Å². The van der Waals surface area contributed by atoms with Gasteiger partial charge in [-0.05, 0) is 78.6 Å². The summed E-state index contributed by atoms with van der Waals surface area (Å²) in [4.78, 5) is 3.74. The highest BCUT2D eigenvalue weighted by Crippen LogP contribution is 2.38. The number of hydrogen-bond donors (Lipinski definition) is 0. The van der Waals surface area contributed by atoms with Crippen LogP contribution in [0.2, 0.25) is 0 Å². The van der Waals surface area contributed by atoms with Crippen molar-refractivity contribution in [2.24, 2.45) is 10.9 Å². The number of halogens is 1. The third-order valence-corrected chi connectivity index (χ3v) is 5.98. The van der Waals surface area contributed by atoms with Gasteiger partial charge in [-0.2, -0.15) is 4.99 Å². The first kappa shape index (κ1) is 19.9. The third-order valence-electron chi connectivity index (χ3n) is 5.89. The summed E-state index contributed by atoms with van der Waals surface area (Å²) in [6.45, 7) is 2.27. The number of isothiocyanates is 1. The van der Waals surface area contributed by atoms with E-state index >= 15 is 0 Å². The predicted octanol–water partition coefficient (Wildman–Crippen LogP) is 8.08. The largest absolute Gasteiger partial charge is 0.205 e. The van der Waals surface area contributed by atoms with Gasteiger partial charge in [0.15, 0.2) is 0 Å². The Morgan fingerprint density at radius 1 is 1.00 bits per heavy atom. The van der Waals surface area contributed by atoms with Gasteiger partial charge >= 0.3 is 0 Å². The van der Waals surface area contributed by atoms with Crippen molar-refractivity contribution in [3.8, 4) is 11.1 Å². The van der Waals surface area contributed by atoms with Gasteiger partial charge in [0.25, 0.3) is 0 Å². The lowest BCUT2D eigenvalue weighted by atomic mass is 9.77. The van der Waals surface area contributed by atoms with Crippen molar-refractivity contribution in [1.29, 1.82) is 0 Å². The normalized spacial score (nSPS) is 19.5. The van der Waals surface area contributed by atoms with E-state index in [0.717, 1.165) is 17.0 Å². The molecule has 0 aliphatic heterocycles. The summed E-state index contributed by atoms with van der Waals surface area (Å²) < 4.78 is 14.1. The Labute approximate surface area is 167 Å². The maximum absolute atomic E-state index is 14.1. The minimum atomic E-state index is -0.365. The molecule has 0 aromatic heterocycles. The van der Waals surface area contributed by atoms with Crippen LogP contribution in [0, 0.1) is 11.7 Å². The van der Waals surface area contributed by atoms with Crippen molar-refractivity contribution in [1.82, 2.24) is 0 Å². The van der Waals surface area contributed by atoms with Crippen molar-refractivity contribution >= 4 is 23.1 Å². The molecule has 0 unspecified atom stereocenters. The number of benzene rings is 2. The van der Waals surface area contributed by atoms with E-state index in [1.165, 1.54) is 63.0 Å². The molecule has 1 nitrogen and oxygen atoms in total. The van der Waals surface area contributed by atoms with Crippen LogP contribution in [0.5, 0.6) is 0 Å². The fourth-order valence-electron chi connectivity index (χ4n) is 4.24. The molecule has 0 heterocycles. The molecule has 0 atom stereocenters. The zero-order valence-corrected chi connectivity index (χ0v) is 16.9. The molecule has 0 spiro atoms. The average molecular weight is 382 g/mol. The van der Waals surface area contributed by atoms with Crippen molar-refractivity contribution in [2.45, 2.75) is 64.2 Å². The van der Waals surface area contributed by atoms with Gasteiger partial charge in [-0.1, -0.05) is 62.9 Å². The van der Waals surface area contributed by atoms with Crippen LogP contribution >= 0.6 is 12.2 Å². The molecule has 1 fully saturated rings. The molecule has 142 valence electrons. The lowest BCUT2D eigenvalue weighted by Crippen LogP contribution is -2.13. The second-order valence-corrected chi connectivity index (χ2v) is 7.89. The number of rotatable bonds is 7. The second-order valence-electron chi connectivity index (χ2n) is 7.70. The predicted molar refractivity (Wildman–Crippen MR) is 115 cm³/mol. The fourth-order valence-corrected chi connectivity index (χ4v) is 4.34. The molecule has 0 N–H and O–H groups in total. The lowest BCUT2D eigenvalue weighted by Gasteiger charge is -2.29. The molecule has 3 heteroatoms. The van der Waals surface area contributed by atoms with E-state index < -0.39 is 0 Å². The number of nitrogens with zero attached hydrogens (tertiary/aromatic N) is 1. The molecule has 0 radical (unpaired) electrons. The maximum Gasteiger partial charge on any atom is 0.150 e. The minimum absolute atomic E-state index is 0.237. The van der Waals surface area contributed by atoms with Crippen LogP contribution in [0.4, 0.5) is 10.1 Å². The third kappa shape index (κ3) is 5.34. The van der Waals surface area contributed by atoms with Crippen LogP contribution in [0.3, 0.4) is 0 Å². The number of aliphatic imine (C=N–C) groups is 1. The Balaban J connectivity index is 1.61. The van der Waals surface area contributed by atoms with Gasteiger partial charge in [-0.25, -0.2) is 4.39 Å². The van der Waals surface area contributed by atoms with E-state index in [4.69, 9.17) is 0 Å². The molecule has 0 bridgehead atoms. The molecular weight excluding hydrogens is 353 g/mol. The smallest absolute Gasteiger partial charge is 0.150 e. The molecule has 0 amide bonds. The van der Waals surface area contributed by atoms with Gasteiger partial charge in [-0.15, -0.1) is 0 Å². The Bertz CT molecular complexity index is 785. The Hall–Kier alpha value is -1.83. The minimum Gasteiger partial charge on any atom is -0.205 e. The maximum atomic E-state index is 14.1. The van der Waals surface area contributed by atoms with E-state index in [2.05, 4.69) is 53.6 Å². The second kappa shape index (κ2) is 9.92. The zero-order valence-electron chi connectivity index (χ0n) is 16.1. The van der Waals surface area contributed by atoms with E-state index in [9.17, 15) is 4.39 Å². The van der Waals surface area contributed by atoms with Gasteiger partial charge in [0, 0.05) is 0 Å². The summed E-state index contributed by atoms with van der Waals surface area (Å²) in [5.41, 5.74) is 3.56. The van der Waals surface area contributed by atoms with Crippen molar-refractivity contribution < 1.29 is 4.39 Å². The van der Waals surface area contributed by atoms with E-state index in [1.54, 1.807) is 6.07 Å². The quantitative estimate of drug-likeness (QED) is 0.268. The van der Waals surface area contributed by atoms with Crippen LogP contribution in [-0.4, -0.2) is 5.16 Å². The number of thiocarbonyl (C=S) groups is 1. The Kier molecular flexibility index (Phi) is 7.32. The summed E-state index contributed by atoms with van der Waals surface area (Å²) in [6, 6.07) is 13.7. The highest BCUT2D eigenvalue weighted by molar-refractivity contribution is 7.78. The molecule has 0 saturated heterocycles. The molecule has 1 saturated carbocycles. The van der Waals surface area contributed by atoms with E-state index in [0.29, 0.717) is 5.92 Å². The first-order valence-electron chi connectivity index (χ1n) is 10.2. The van der Waals surface area contributed by atoms with Crippen LogP contribution in [-0.2, 0) is 0 Å². The van der Waals surface area contributed by atoms with Crippen LogP contribution in [0.15, 0.2) is 47.5 Å². The number of unbranched alkanes of at least 4 members (excludes halogenated alkanes) is 2. The van der Waals surface area contributed by atoms with E-state index in [-0.39, 0.29) is 11.5 Å². The van der Waals surface area contributed by atoms with Gasteiger partial charge in [0.05, 0.1) is 5.16 Å². The molecular formula is C24H28FNS. The fraction of sp³-hybridized carbons (Fsp3) is 0.458. The first-order valence-corrected chi connectivity index (χ1v) is 10.6. The SMILES string of the molecule is CCCCCC1CCC(c2ccc(-c3ccc(N=C=S)c(F)c3)cc2)CC1. The molecule has 3 rings (SSSR count). The molecule has 2 aromatic rings. The summed E-state index contributed by atoms with van der Waals surface area (Å²) in [5, 5.41) is 2.21. The monoisotopic (exact) mass is 381 g/mol. The number of hydrogen-bond acceptors (Lipinski definition) is 2. The summed E-state index contributed by atoms with van der Waals surface area (Å²) in [5.74, 6) is 1.25. The Morgan fingerprint density at radius 3 is 2.33 bits per heavy atom.